The van der Waals surface area contributed by atoms with Gasteiger partial charge in [-0.05, 0) is 18.9 Å². The van der Waals surface area contributed by atoms with Gasteiger partial charge < -0.3 is 9.47 Å². The molecular formula is C8H17O2Si. The van der Waals surface area contributed by atoms with Gasteiger partial charge in [0, 0.05) is 23.5 Å². The van der Waals surface area contributed by atoms with Crippen molar-refractivity contribution in [3.8, 4) is 0 Å². The van der Waals surface area contributed by atoms with Gasteiger partial charge in [0.15, 0.2) is 6.29 Å². The maximum absolute atomic E-state index is 5.37. The van der Waals surface area contributed by atoms with Crippen LogP contribution in [-0.2, 0) is 9.47 Å². The number of ether oxygens (including phenoxy) is 2. The zero-order chi connectivity index (χ0) is 8.53. The molecule has 0 aromatic carbocycles. The molecule has 0 N–H and O–H groups in total. The minimum Gasteiger partial charge on any atom is -0.353 e. The quantitative estimate of drug-likeness (QED) is 0.431. The van der Waals surface area contributed by atoms with Crippen LogP contribution in [0.25, 0.3) is 0 Å². The number of hydrogen-bond donors (Lipinski definition) is 0. The van der Waals surface area contributed by atoms with Crippen molar-refractivity contribution in [2.45, 2.75) is 39.0 Å². The summed E-state index contributed by atoms with van der Waals surface area (Å²) in [6.07, 6.45) is 2.02. The Morgan fingerprint density at radius 2 is 1.55 bits per heavy atom. The molecule has 0 aliphatic heterocycles. The lowest BCUT2D eigenvalue weighted by Crippen LogP contribution is -2.17. The van der Waals surface area contributed by atoms with Crippen molar-refractivity contribution in [1.29, 1.82) is 0 Å². The van der Waals surface area contributed by atoms with Crippen LogP contribution in [0.1, 0.15) is 26.7 Å². The van der Waals surface area contributed by atoms with Gasteiger partial charge in [-0.3, -0.25) is 0 Å². The van der Waals surface area contributed by atoms with Crippen LogP contribution in [0.15, 0.2) is 0 Å². The van der Waals surface area contributed by atoms with Crippen molar-refractivity contribution >= 4 is 10.2 Å². The van der Waals surface area contributed by atoms with Crippen LogP contribution in [0.3, 0.4) is 0 Å². The molecular weight excluding hydrogens is 156 g/mol. The van der Waals surface area contributed by atoms with Crippen LogP contribution in [0.5, 0.6) is 0 Å². The Kier molecular flexibility index (Phi) is 8.34. The fourth-order valence-corrected chi connectivity index (χ4v) is 0.900. The van der Waals surface area contributed by atoms with Gasteiger partial charge in [-0.1, -0.05) is 13.8 Å². The van der Waals surface area contributed by atoms with Crippen LogP contribution in [0.4, 0.5) is 0 Å². The molecule has 0 saturated carbocycles. The van der Waals surface area contributed by atoms with Gasteiger partial charge in [0.25, 0.3) is 0 Å². The van der Waals surface area contributed by atoms with Crippen LogP contribution in [-0.4, -0.2) is 29.7 Å². The first-order valence-electron chi connectivity index (χ1n) is 4.22. The van der Waals surface area contributed by atoms with Crippen LogP contribution in [0, 0.1) is 0 Å². The van der Waals surface area contributed by atoms with Gasteiger partial charge in [0.2, 0.25) is 0 Å². The third-order valence-electron chi connectivity index (χ3n) is 1.18. The smallest absolute Gasteiger partial charge is 0.154 e. The van der Waals surface area contributed by atoms with Crippen LogP contribution >= 0.6 is 0 Å². The molecule has 3 radical (unpaired) electrons. The van der Waals surface area contributed by atoms with Gasteiger partial charge in [-0.25, -0.2) is 0 Å². The molecule has 0 amide bonds. The Morgan fingerprint density at radius 1 is 1.09 bits per heavy atom. The molecule has 0 aromatic heterocycles. The molecule has 11 heavy (non-hydrogen) atoms. The lowest BCUT2D eigenvalue weighted by Gasteiger charge is -2.15. The Labute approximate surface area is 72.7 Å². The summed E-state index contributed by atoms with van der Waals surface area (Å²) in [7, 11) is 3.37. The summed E-state index contributed by atoms with van der Waals surface area (Å²) < 4.78 is 10.7. The molecule has 0 spiro atoms. The van der Waals surface area contributed by atoms with E-state index in [2.05, 4.69) is 24.1 Å². The molecule has 0 aliphatic carbocycles. The summed E-state index contributed by atoms with van der Waals surface area (Å²) in [4.78, 5) is 0. The van der Waals surface area contributed by atoms with E-state index in [0.29, 0.717) is 0 Å². The maximum Gasteiger partial charge on any atom is 0.154 e. The molecule has 0 fully saturated rings. The second-order valence-corrected chi connectivity index (χ2v) is 2.78. The third kappa shape index (κ3) is 6.53. The fraction of sp³-hybridized carbons (Fsp3) is 1.00. The molecule has 0 atom stereocenters. The van der Waals surface area contributed by atoms with E-state index >= 15 is 0 Å². The van der Waals surface area contributed by atoms with Crippen molar-refractivity contribution in [2.24, 2.45) is 0 Å². The highest BCUT2D eigenvalue weighted by Gasteiger charge is 2.03. The van der Waals surface area contributed by atoms with E-state index in [-0.39, 0.29) is 6.29 Å². The molecule has 0 unspecified atom stereocenters. The summed E-state index contributed by atoms with van der Waals surface area (Å²) in [5, 5.41) is 0. The standard InChI is InChI=1S/C8H17O2Si/c1-3-5-9-8(7-11)10-6-4-2/h8H,3-7H2,1-2H3. The molecule has 0 saturated heterocycles. The first-order valence-corrected chi connectivity index (χ1v) is 4.93. The zero-order valence-electron chi connectivity index (χ0n) is 7.43. The van der Waals surface area contributed by atoms with Crippen LogP contribution in [0.2, 0.25) is 6.04 Å². The Bertz CT molecular complexity index is 70.5. The fourth-order valence-electron chi connectivity index (χ4n) is 0.665. The average molecular weight is 173 g/mol. The van der Waals surface area contributed by atoms with Crippen molar-refractivity contribution in [3.05, 3.63) is 0 Å². The van der Waals surface area contributed by atoms with Crippen molar-refractivity contribution in [1.82, 2.24) is 0 Å². The van der Waals surface area contributed by atoms with Gasteiger partial charge in [-0.2, -0.15) is 0 Å². The first kappa shape index (κ1) is 11.1. The van der Waals surface area contributed by atoms with Gasteiger partial charge in [0.1, 0.15) is 0 Å². The molecule has 0 bridgehead atoms. The largest absolute Gasteiger partial charge is 0.353 e. The van der Waals surface area contributed by atoms with Crippen molar-refractivity contribution in [2.75, 3.05) is 13.2 Å². The SMILES string of the molecule is CCCOC(C[Si])OCCC. The predicted molar refractivity (Wildman–Crippen MR) is 46.8 cm³/mol. The minimum atomic E-state index is -0.0634. The van der Waals surface area contributed by atoms with E-state index < -0.39 is 0 Å². The molecule has 3 heteroatoms. The molecule has 2 nitrogen and oxygen atoms in total. The maximum atomic E-state index is 5.37. The van der Waals surface area contributed by atoms with E-state index in [1.165, 1.54) is 0 Å². The topological polar surface area (TPSA) is 18.5 Å². The predicted octanol–water partition coefficient (Wildman–Crippen LogP) is 1.75. The van der Waals surface area contributed by atoms with E-state index in [0.717, 1.165) is 32.1 Å². The Hall–Kier alpha value is 0.137. The molecule has 0 heterocycles. The average Bonchev–Trinajstić information content (AvgIpc) is 2.05. The molecule has 0 aliphatic rings. The highest BCUT2D eigenvalue weighted by atomic mass is 28.1. The second kappa shape index (κ2) is 8.24. The summed E-state index contributed by atoms with van der Waals surface area (Å²) in [6, 6.07) is 0.750. The zero-order valence-corrected chi connectivity index (χ0v) is 8.43. The third-order valence-corrected chi connectivity index (χ3v) is 1.52. The number of hydrogen-bond acceptors (Lipinski definition) is 2. The molecule has 0 rings (SSSR count). The Morgan fingerprint density at radius 3 is 1.82 bits per heavy atom. The van der Waals surface area contributed by atoms with Gasteiger partial charge in [0.05, 0.1) is 0 Å². The summed E-state index contributed by atoms with van der Waals surface area (Å²) in [5.41, 5.74) is 0. The number of rotatable bonds is 7. The lowest BCUT2D eigenvalue weighted by atomic mass is 10.5. The van der Waals surface area contributed by atoms with E-state index in [1.54, 1.807) is 0 Å². The lowest BCUT2D eigenvalue weighted by molar-refractivity contribution is -0.129. The highest BCUT2D eigenvalue weighted by Crippen LogP contribution is 2.00. The Balaban J connectivity index is 3.25. The second-order valence-electron chi connectivity index (χ2n) is 2.38. The van der Waals surface area contributed by atoms with E-state index in [1.807, 2.05) is 0 Å². The van der Waals surface area contributed by atoms with E-state index in [9.17, 15) is 0 Å². The van der Waals surface area contributed by atoms with Crippen LogP contribution < -0.4 is 0 Å². The highest BCUT2D eigenvalue weighted by molar-refractivity contribution is 6.08. The van der Waals surface area contributed by atoms with Gasteiger partial charge in [-0.15, -0.1) is 0 Å². The van der Waals surface area contributed by atoms with Crippen molar-refractivity contribution in [3.63, 3.8) is 0 Å². The summed E-state index contributed by atoms with van der Waals surface area (Å²) in [5.74, 6) is 0. The molecule has 0 aromatic rings. The normalized spacial score (nSPS) is 10.9. The summed E-state index contributed by atoms with van der Waals surface area (Å²) in [6.45, 7) is 5.73. The van der Waals surface area contributed by atoms with E-state index in [4.69, 9.17) is 9.47 Å². The minimum absolute atomic E-state index is 0.0634. The molecule has 65 valence electrons. The van der Waals surface area contributed by atoms with Gasteiger partial charge >= 0.3 is 0 Å². The first-order chi connectivity index (χ1) is 5.35. The monoisotopic (exact) mass is 173 g/mol. The summed E-state index contributed by atoms with van der Waals surface area (Å²) >= 11 is 0. The van der Waals surface area contributed by atoms with Crippen molar-refractivity contribution < 1.29 is 9.47 Å².